The van der Waals surface area contributed by atoms with Gasteiger partial charge in [-0.1, -0.05) is 24.8 Å². The number of aromatic nitrogens is 1. The van der Waals surface area contributed by atoms with Gasteiger partial charge in [-0.25, -0.2) is 4.39 Å². The maximum atomic E-state index is 13.9. The molecule has 0 amide bonds. The van der Waals surface area contributed by atoms with Crippen LogP contribution in [0.4, 0.5) is 4.39 Å². The lowest BCUT2D eigenvalue weighted by atomic mass is 9.96. The van der Waals surface area contributed by atoms with Crippen molar-refractivity contribution in [2.24, 2.45) is 7.05 Å². The molecule has 5 rings (SSSR count). The average Bonchev–Trinajstić information content (AvgIpc) is 3.06. The van der Waals surface area contributed by atoms with Crippen LogP contribution in [0.15, 0.2) is 52.9 Å². The molecular weight excluding hydrogens is 413 g/mol. The number of rotatable bonds is 2. The molecule has 3 aromatic carbocycles. The number of hydrogen-bond donors (Lipinski definition) is 0. The van der Waals surface area contributed by atoms with Crippen molar-refractivity contribution in [1.29, 1.82) is 0 Å². The van der Waals surface area contributed by atoms with Gasteiger partial charge in [0, 0.05) is 34.4 Å². The Morgan fingerprint density at radius 2 is 1.59 bits per heavy atom. The maximum absolute atomic E-state index is 13.9. The SMILES string of the molecule is Cc1cc2c(ccc(-c3c(C)c(C)cc4c3oc3cc(F)ccc34)[n+]2C)cc1[Si](C)(C)C. The van der Waals surface area contributed by atoms with Gasteiger partial charge in [0.05, 0.1) is 13.6 Å². The van der Waals surface area contributed by atoms with Crippen molar-refractivity contribution in [2.75, 3.05) is 0 Å². The summed E-state index contributed by atoms with van der Waals surface area (Å²) < 4.78 is 22.4. The van der Waals surface area contributed by atoms with Gasteiger partial charge >= 0.3 is 0 Å². The van der Waals surface area contributed by atoms with Gasteiger partial charge in [-0.3, -0.25) is 0 Å². The van der Waals surface area contributed by atoms with Gasteiger partial charge in [-0.15, -0.1) is 0 Å². The molecule has 4 heteroatoms. The zero-order valence-electron chi connectivity index (χ0n) is 19.9. The smallest absolute Gasteiger partial charge is 0.216 e. The molecule has 0 spiro atoms. The molecule has 2 aromatic heterocycles. The van der Waals surface area contributed by atoms with Crippen LogP contribution in [-0.4, -0.2) is 8.07 Å². The monoisotopic (exact) mass is 442 g/mol. The van der Waals surface area contributed by atoms with E-state index >= 15 is 0 Å². The number of hydrogen-bond acceptors (Lipinski definition) is 1. The fraction of sp³-hybridized carbons (Fsp3) is 0.250. The number of fused-ring (bicyclic) bond motifs is 4. The van der Waals surface area contributed by atoms with E-state index in [0.717, 1.165) is 27.6 Å². The first-order chi connectivity index (χ1) is 15.1. The number of nitrogens with zero attached hydrogens (tertiary/aromatic N) is 1. The molecule has 0 aliphatic carbocycles. The highest BCUT2D eigenvalue weighted by Gasteiger charge is 2.25. The highest BCUT2D eigenvalue weighted by atomic mass is 28.3. The molecule has 0 saturated heterocycles. The molecule has 0 aliphatic heterocycles. The molecule has 162 valence electrons. The van der Waals surface area contributed by atoms with Crippen molar-refractivity contribution in [3.8, 4) is 11.3 Å². The summed E-state index contributed by atoms with van der Waals surface area (Å²) in [4.78, 5) is 0. The Bertz CT molecular complexity index is 1560. The Labute approximate surface area is 189 Å². The molecule has 0 saturated carbocycles. The summed E-state index contributed by atoms with van der Waals surface area (Å²) in [7, 11) is 0.705. The molecule has 0 radical (unpaired) electrons. The van der Waals surface area contributed by atoms with Crippen LogP contribution >= 0.6 is 0 Å². The van der Waals surface area contributed by atoms with Crippen LogP contribution in [-0.2, 0) is 7.05 Å². The lowest BCUT2D eigenvalue weighted by molar-refractivity contribution is -0.633. The van der Waals surface area contributed by atoms with Crippen molar-refractivity contribution in [1.82, 2.24) is 0 Å². The molecule has 2 nitrogen and oxygen atoms in total. The lowest BCUT2D eigenvalue weighted by Crippen LogP contribution is -2.40. The van der Waals surface area contributed by atoms with Gasteiger partial charge in [-0.2, -0.15) is 4.57 Å². The Morgan fingerprint density at radius 3 is 2.31 bits per heavy atom. The van der Waals surface area contributed by atoms with E-state index in [0.29, 0.717) is 5.58 Å². The van der Waals surface area contributed by atoms with E-state index in [1.54, 1.807) is 0 Å². The van der Waals surface area contributed by atoms with E-state index < -0.39 is 8.07 Å². The highest BCUT2D eigenvalue weighted by molar-refractivity contribution is 6.89. The third-order valence-electron chi connectivity index (χ3n) is 6.83. The van der Waals surface area contributed by atoms with Crippen LogP contribution in [0.25, 0.3) is 44.1 Å². The second-order valence-electron chi connectivity index (χ2n) is 10.1. The normalized spacial score (nSPS) is 12.4. The van der Waals surface area contributed by atoms with Gasteiger partial charge in [0.2, 0.25) is 11.2 Å². The number of aryl methyl sites for hydroxylation is 3. The minimum Gasteiger partial charge on any atom is -0.455 e. The highest BCUT2D eigenvalue weighted by Crippen LogP contribution is 2.39. The van der Waals surface area contributed by atoms with Gasteiger partial charge in [0.15, 0.2) is 0 Å². The largest absolute Gasteiger partial charge is 0.455 e. The third-order valence-corrected chi connectivity index (χ3v) is 8.98. The quantitative estimate of drug-likeness (QED) is 0.216. The summed E-state index contributed by atoms with van der Waals surface area (Å²) in [6, 6.07) is 16.1. The summed E-state index contributed by atoms with van der Waals surface area (Å²) in [5.41, 5.74) is 8.53. The fourth-order valence-corrected chi connectivity index (χ4v) is 6.87. The summed E-state index contributed by atoms with van der Waals surface area (Å²) >= 11 is 0. The number of pyridine rings is 1. The number of benzene rings is 3. The lowest BCUT2D eigenvalue weighted by Gasteiger charge is -2.20. The summed E-state index contributed by atoms with van der Waals surface area (Å²) in [5.74, 6) is -0.281. The van der Waals surface area contributed by atoms with Crippen molar-refractivity contribution >= 4 is 46.1 Å². The first-order valence-corrected chi connectivity index (χ1v) is 14.6. The Kier molecular flexibility index (Phi) is 4.58. The maximum Gasteiger partial charge on any atom is 0.216 e. The number of furan rings is 1. The van der Waals surface area contributed by atoms with E-state index in [1.807, 2.05) is 6.07 Å². The minimum absolute atomic E-state index is 0.281. The first kappa shape index (κ1) is 20.9. The van der Waals surface area contributed by atoms with E-state index in [-0.39, 0.29) is 5.82 Å². The Morgan fingerprint density at radius 1 is 0.844 bits per heavy atom. The molecule has 32 heavy (non-hydrogen) atoms. The average molecular weight is 443 g/mol. The van der Waals surface area contributed by atoms with Crippen LogP contribution in [0, 0.1) is 26.6 Å². The van der Waals surface area contributed by atoms with Crippen LogP contribution < -0.4 is 9.75 Å². The van der Waals surface area contributed by atoms with E-state index in [1.165, 1.54) is 44.9 Å². The van der Waals surface area contributed by atoms with Gasteiger partial charge in [-0.05, 0) is 67.8 Å². The van der Waals surface area contributed by atoms with E-state index in [2.05, 4.69) is 82.4 Å². The van der Waals surface area contributed by atoms with Crippen molar-refractivity contribution in [3.05, 3.63) is 71.0 Å². The fourth-order valence-electron chi connectivity index (χ4n) is 5.02. The molecular formula is C28H29FNOSi+. The number of halogens is 1. The molecule has 5 aromatic rings. The molecule has 0 atom stereocenters. The molecule has 0 N–H and O–H groups in total. The van der Waals surface area contributed by atoms with Crippen LogP contribution in [0.1, 0.15) is 16.7 Å². The van der Waals surface area contributed by atoms with E-state index in [4.69, 9.17) is 4.42 Å². The van der Waals surface area contributed by atoms with Crippen LogP contribution in [0.2, 0.25) is 19.6 Å². The van der Waals surface area contributed by atoms with Crippen molar-refractivity contribution in [3.63, 3.8) is 0 Å². The summed E-state index contributed by atoms with van der Waals surface area (Å²) in [6.45, 7) is 13.7. The zero-order chi connectivity index (χ0) is 22.9. The Hall–Kier alpha value is -2.98. The molecule has 0 aliphatic rings. The third kappa shape index (κ3) is 3.08. The predicted octanol–water partition coefficient (Wildman–Crippen LogP) is 6.84. The van der Waals surface area contributed by atoms with Gasteiger partial charge in [0.1, 0.15) is 24.0 Å². The van der Waals surface area contributed by atoms with Crippen LogP contribution in [0.5, 0.6) is 0 Å². The van der Waals surface area contributed by atoms with Gasteiger partial charge < -0.3 is 4.42 Å². The molecule has 0 fully saturated rings. The van der Waals surface area contributed by atoms with Gasteiger partial charge in [0.25, 0.3) is 0 Å². The van der Waals surface area contributed by atoms with Crippen LogP contribution in [0.3, 0.4) is 0 Å². The second kappa shape index (κ2) is 7.01. The van der Waals surface area contributed by atoms with Crippen molar-refractivity contribution in [2.45, 2.75) is 40.4 Å². The molecule has 0 unspecified atom stereocenters. The van der Waals surface area contributed by atoms with Crippen molar-refractivity contribution < 1.29 is 13.4 Å². The standard InChI is InChI=1S/C28H29FNOSi/c1-16-12-22-21-10-9-20(29)15-25(21)31-28(22)27(18(16)3)23-11-8-19-14-26(32(5,6)7)17(2)13-24(19)30(23)4/h8-15H,1-7H3/q+1. The molecule has 2 heterocycles. The first-order valence-electron chi connectivity index (χ1n) is 11.1. The Balaban J connectivity index is 1.85. The zero-order valence-corrected chi connectivity index (χ0v) is 20.9. The topological polar surface area (TPSA) is 17.0 Å². The van der Waals surface area contributed by atoms with E-state index in [9.17, 15) is 4.39 Å². The summed E-state index contributed by atoms with van der Waals surface area (Å²) in [5, 5.41) is 4.74. The molecule has 0 bridgehead atoms. The minimum atomic E-state index is -1.42. The second-order valence-corrected chi connectivity index (χ2v) is 15.1. The summed E-state index contributed by atoms with van der Waals surface area (Å²) in [6.07, 6.45) is 0. The predicted molar refractivity (Wildman–Crippen MR) is 135 cm³/mol.